The molecule has 1 aliphatic rings. The number of aromatic nitrogens is 2. The third-order valence-corrected chi connectivity index (χ3v) is 4.01. The Labute approximate surface area is 118 Å². The fraction of sp³-hybridized carbons (Fsp3) is 0.692. The lowest BCUT2D eigenvalue weighted by atomic mass is 10.1. The van der Waals surface area contributed by atoms with Crippen molar-refractivity contribution in [1.29, 1.82) is 0 Å². The number of carbonyl (C=O) groups is 1. The number of halogens is 1. The van der Waals surface area contributed by atoms with Crippen molar-refractivity contribution in [3.05, 3.63) is 11.3 Å². The Bertz CT molecular complexity index is 467. The highest BCUT2D eigenvalue weighted by Crippen LogP contribution is 2.32. The molecule has 6 heteroatoms. The van der Waals surface area contributed by atoms with Gasteiger partial charge in [-0.05, 0) is 19.8 Å². The van der Waals surface area contributed by atoms with Gasteiger partial charge in [0, 0.05) is 13.1 Å². The Kier molecular flexibility index (Phi) is 4.34. The number of aryl methyl sites for hydroxylation is 2. The van der Waals surface area contributed by atoms with Gasteiger partial charge in [0.15, 0.2) is 0 Å². The average molecular weight is 286 g/mol. The standard InChI is InChI=1S/C13H20ClN3O2/c1-8-10(13(19-3)17(2)16-8)11(14)12(18)15-9-6-4-5-7-9/h9,11H,4-7H2,1-3H3,(H,15,18). The first-order valence-electron chi connectivity index (χ1n) is 6.56. The average Bonchev–Trinajstić information content (AvgIpc) is 2.95. The molecule has 5 nitrogen and oxygen atoms in total. The van der Waals surface area contributed by atoms with Gasteiger partial charge in [-0.2, -0.15) is 5.10 Å². The molecule has 0 aliphatic heterocycles. The number of ether oxygens (including phenoxy) is 1. The lowest BCUT2D eigenvalue weighted by molar-refractivity contribution is -0.121. The molecule has 1 aromatic heterocycles. The van der Waals surface area contributed by atoms with Crippen LogP contribution in [0.1, 0.15) is 42.3 Å². The first-order chi connectivity index (χ1) is 9.04. The molecule has 19 heavy (non-hydrogen) atoms. The largest absolute Gasteiger partial charge is 0.481 e. The summed E-state index contributed by atoms with van der Waals surface area (Å²) >= 11 is 6.29. The van der Waals surface area contributed by atoms with E-state index in [1.807, 2.05) is 6.92 Å². The summed E-state index contributed by atoms with van der Waals surface area (Å²) in [5, 5.41) is 6.49. The summed E-state index contributed by atoms with van der Waals surface area (Å²) < 4.78 is 6.87. The Balaban J connectivity index is 2.14. The van der Waals surface area contributed by atoms with Gasteiger partial charge >= 0.3 is 0 Å². The number of hydrogen-bond acceptors (Lipinski definition) is 3. The Hall–Kier alpha value is -1.23. The van der Waals surface area contributed by atoms with Crippen LogP contribution >= 0.6 is 11.6 Å². The number of amides is 1. The Morgan fingerprint density at radius 1 is 1.53 bits per heavy atom. The second-order valence-electron chi connectivity index (χ2n) is 4.98. The molecule has 1 heterocycles. The monoisotopic (exact) mass is 285 g/mol. The van der Waals surface area contributed by atoms with E-state index >= 15 is 0 Å². The number of alkyl halides is 1. The van der Waals surface area contributed by atoms with Crippen molar-refractivity contribution in [3.63, 3.8) is 0 Å². The maximum Gasteiger partial charge on any atom is 0.243 e. The first-order valence-corrected chi connectivity index (χ1v) is 7.00. The molecule has 0 saturated heterocycles. The van der Waals surface area contributed by atoms with Crippen molar-refractivity contribution in [2.75, 3.05) is 7.11 Å². The van der Waals surface area contributed by atoms with Crippen LogP contribution in [0, 0.1) is 6.92 Å². The molecular weight excluding hydrogens is 266 g/mol. The number of carbonyl (C=O) groups excluding carboxylic acids is 1. The molecule has 1 atom stereocenters. The number of nitrogens with one attached hydrogen (secondary N) is 1. The molecule has 2 rings (SSSR count). The van der Waals surface area contributed by atoms with E-state index in [-0.39, 0.29) is 11.9 Å². The zero-order chi connectivity index (χ0) is 14.0. The highest BCUT2D eigenvalue weighted by molar-refractivity contribution is 6.31. The van der Waals surface area contributed by atoms with Crippen LogP contribution in [0.4, 0.5) is 0 Å². The van der Waals surface area contributed by atoms with E-state index in [0.29, 0.717) is 11.4 Å². The Morgan fingerprint density at radius 3 is 2.74 bits per heavy atom. The van der Waals surface area contributed by atoms with E-state index in [4.69, 9.17) is 16.3 Å². The summed E-state index contributed by atoms with van der Waals surface area (Å²) in [5.74, 6) is 0.377. The Morgan fingerprint density at radius 2 is 2.16 bits per heavy atom. The van der Waals surface area contributed by atoms with Crippen molar-refractivity contribution in [3.8, 4) is 5.88 Å². The summed E-state index contributed by atoms with van der Waals surface area (Å²) in [6.45, 7) is 1.83. The van der Waals surface area contributed by atoms with Crippen LogP contribution in [0.15, 0.2) is 0 Å². The van der Waals surface area contributed by atoms with Gasteiger partial charge in [0.2, 0.25) is 11.8 Å². The zero-order valence-electron chi connectivity index (χ0n) is 11.6. The molecule has 1 N–H and O–H groups in total. The molecule has 0 radical (unpaired) electrons. The fourth-order valence-corrected chi connectivity index (χ4v) is 2.98. The van der Waals surface area contributed by atoms with E-state index in [9.17, 15) is 4.79 Å². The van der Waals surface area contributed by atoms with Gasteiger partial charge in [0.05, 0.1) is 18.4 Å². The van der Waals surface area contributed by atoms with Crippen LogP contribution < -0.4 is 10.1 Å². The molecule has 1 aliphatic carbocycles. The predicted molar refractivity (Wildman–Crippen MR) is 73.5 cm³/mol. The van der Waals surface area contributed by atoms with Crippen LogP contribution in [0.5, 0.6) is 5.88 Å². The molecule has 1 saturated carbocycles. The van der Waals surface area contributed by atoms with Crippen molar-refractivity contribution >= 4 is 17.5 Å². The number of hydrogen-bond donors (Lipinski definition) is 1. The van der Waals surface area contributed by atoms with Crippen LogP contribution in [-0.2, 0) is 11.8 Å². The fourth-order valence-electron chi connectivity index (χ4n) is 2.66. The molecule has 106 valence electrons. The predicted octanol–water partition coefficient (Wildman–Crippen LogP) is 2.08. The molecular formula is C13H20ClN3O2. The van der Waals surface area contributed by atoms with Gasteiger partial charge in [0.1, 0.15) is 5.38 Å². The smallest absolute Gasteiger partial charge is 0.243 e. The van der Waals surface area contributed by atoms with Crippen molar-refractivity contribution < 1.29 is 9.53 Å². The first kappa shape index (κ1) is 14.2. The molecule has 1 unspecified atom stereocenters. The summed E-state index contributed by atoms with van der Waals surface area (Å²) in [6, 6.07) is 0.261. The van der Waals surface area contributed by atoms with Crippen LogP contribution in [0.25, 0.3) is 0 Å². The van der Waals surface area contributed by atoms with Crippen molar-refractivity contribution in [2.24, 2.45) is 7.05 Å². The van der Waals surface area contributed by atoms with Crippen LogP contribution in [0.2, 0.25) is 0 Å². The topological polar surface area (TPSA) is 56.1 Å². The van der Waals surface area contributed by atoms with Gasteiger partial charge in [-0.3, -0.25) is 4.79 Å². The van der Waals surface area contributed by atoms with Crippen LogP contribution in [0.3, 0.4) is 0 Å². The third kappa shape index (κ3) is 2.86. The maximum atomic E-state index is 12.2. The lowest BCUT2D eigenvalue weighted by Gasteiger charge is -2.16. The highest BCUT2D eigenvalue weighted by atomic mass is 35.5. The molecule has 1 amide bonds. The molecule has 0 aromatic carbocycles. The van der Waals surface area contributed by atoms with Gasteiger partial charge in [-0.15, -0.1) is 11.6 Å². The van der Waals surface area contributed by atoms with Gasteiger partial charge in [-0.1, -0.05) is 12.8 Å². The highest BCUT2D eigenvalue weighted by Gasteiger charge is 2.29. The number of methoxy groups -OCH3 is 1. The van der Waals surface area contributed by atoms with Crippen LogP contribution in [-0.4, -0.2) is 28.8 Å². The molecule has 0 spiro atoms. The van der Waals surface area contributed by atoms with E-state index in [1.165, 1.54) is 12.8 Å². The van der Waals surface area contributed by atoms with E-state index in [2.05, 4.69) is 10.4 Å². The maximum absolute atomic E-state index is 12.2. The number of nitrogens with zero attached hydrogens (tertiary/aromatic N) is 2. The van der Waals surface area contributed by atoms with Gasteiger partial charge in [0.25, 0.3) is 0 Å². The summed E-state index contributed by atoms with van der Waals surface area (Å²) in [7, 11) is 3.33. The summed E-state index contributed by atoms with van der Waals surface area (Å²) in [4.78, 5) is 12.2. The van der Waals surface area contributed by atoms with E-state index < -0.39 is 5.38 Å². The third-order valence-electron chi connectivity index (χ3n) is 3.59. The quantitative estimate of drug-likeness (QED) is 0.862. The van der Waals surface area contributed by atoms with Crippen molar-refractivity contribution in [1.82, 2.24) is 15.1 Å². The van der Waals surface area contributed by atoms with E-state index in [0.717, 1.165) is 18.5 Å². The SMILES string of the molecule is COc1c(C(Cl)C(=O)NC2CCCC2)c(C)nn1C. The van der Waals surface area contributed by atoms with Crippen molar-refractivity contribution in [2.45, 2.75) is 44.0 Å². The second kappa shape index (κ2) is 5.82. The molecule has 0 bridgehead atoms. The van der Waals surface area contributed by atoms with Gasteiger partial charge < -0.3 is 10.1 Å². The second-order valence-corrected chi connectivity index (χ2v) is 5.42. The summed E-state index contributed by atoms with van der Waals surface area (Å²) in [5.41, 5.74) is 1.38. The van der Waals surface area contributed by atoms with E-state index in [1.54, 1.807) is 18.8 Å². The molecule has 1 fully saturated rings. The minimum Gasteiger partial charge on any atom is -0.481 e. The lowest BCUT2D eigenvalue weighted by Crippen LogP contribution is -2.35. The minimum atomic E-state index is -0.760. The molecule has 1 aromatic rings. The number of rotatable bonds is 4. The summed E-state index contributed by atoms with van der Waals surface area (Å²) in [6.07, 6.45) is 4.43. The van der Waals surface area contributed by atoms with Gasteiger partial charge in [-0.25, -0.2) is 4.68 Å². The normalized spacial score (nSPS) is 17.5. The minimum absolute atomic E-state index is 0.164. The zero-order valence-corrected chi connectivity index (χ0v) is 12.3.